The standard InChI is InChI=1S/C16H28N2/c1-11(18-15-2-3-17-10-15)16-7-12-4-13(8-16)6-14(5-12)9-16/h11-15,17-18H,2-10H2,1H3. The van der Waals surface area contributed by atoms with Crippen molar-refractivity contribution in [3.05, 3.63) is 0 Å². The fourth-order valence-electron chi connectivity index (χ4n) is 6.04. The van der Waals surface area contributed by atoms with E-state index in [1.54, 1.807) is 19.3 Å². The lowest BCUT2D eigenvalue weighted by atomic mass is 9.48. The van der Waals surface area contributed by atoms with Crippen molar-refractivity contribution >= 4 is 0 Å². The minimum absolute atomic E-state index is 0.678. The van der Waals surface area contributed by atoms with Crippen molar-refractivity contribution in [3.8, 4) is 0 Å². The molecule has 1 aliphatic heterocycles. The first-order chi connectivity index (χ1) is 8.73. The van der Waals surface area contributed by atoms with Gasteiger partial charge < -0.3 is 10.6 Å². The van der Waals surface area contributed by atoms with Gasteiger partial charge in [-0.3, -0.25) is 0 Å². The maximum absolute atomic E-state index is 3.97. The number of hydrogen-bond donors (Lipinski definition) is 2. The molecule has 4 aliphatic carbocycles. The van der Waals surface area contributed by atoms with Crippen molar-refractivity contribution < 1.29 is 0 Å². The first-order valence-electron chi connectivity index (χ1n) is 8.20. The second kappa shape index (κ2) is 4.21. The van der Waals surface area contributed by atoms with Gasteiger partial charge in [0.05, 0.1) is 0 Å². The summed E-state index contributed by atoms with van der Waals surface area (Å²) in [6.45, 7) is 4.90. The maximum Gasteiger partial charge on any atom is 0.0207 e. The Kier molecular flexibility index (Phi) is 2.74. The van der Waals surface area contributed by atoms with Crippen LogP contribution >= 0.6 is 0 Å². The van der Waals surface area contributed by atoms with Gasteiger partial charge in [0.1, 0.15) is 0 Å². The van der Waals surface area contributed by atoms with E-state index in [-0.39, 0.29) is 0 Å². The molecule has 0 aromatic carbocycles. The zero-order valence-electron chi connectivity index (χ0n) is 11.8. The third-order valence-corrected chi connectivity index (χ3v) is 6.55. The molecule has 4 bridgehead atoms. The molecule has 5 rings (SSSR count). The minimum atomic E-state index is 0.678. The van der Waals surface area contributed by atoms with Gasteiger partial charge in [-0.05, 0) is 81.6 Å². The van der Waals surface area contributed by atoms with Crippen LogP contribution in [0.1, 0.15) is 51.9 Å². The smallest absolute Gasteiger partial charge is 0.0207 e. The molecule has 0 aromatic heterocycles. The molecule has 102 valence electrons. The molecule has 18 heavy (non-hydrogen) atoms. The van der Waals surface area contributed by atoms with Crippen LogP contribution in [-0.2, 0) is 0 Å². The Morgan fingerprint density at radius 3 is 2.17 bits per heavy atom. The van der Waals surface area contributed by atoms with Crippen LogP contribution in [0.2, 0.25) is 0 Å². The molecule has 1 heterocycles. The van der Waals surface area contributed by atoms with Gasteiger partial charge in [-0.25, -0.2) is 0 Å². The van der Waals surface area contributed by atoms with E-state index in [0.29, 0.717) is 5.41 Å². The van der Waals surface area contributed by atoms with Crippen molar-refractivity contribution in [2.24, 2.45) is 23.2 Å². The average molecular weight is 248 g/mol. The molecule has 0 radical (unpaired) electrons. The van der Waals surface area contributed by atoms with E-state index < -0.39 is 0 Å². The zero-order chi connectivity index (χ0) is 12.2. The van der Waals surface area contributed by atoms with E-state index >= 15 is 0 Å². The summed E-state index contributed by atoms with van der Waals surface area (Å²) in [4.78, 5) is 0. The van der Waals surface area contributed by atoms with Crippen LogP contribution in [0.15, 0.2) is 0 Å². The van der Waals surface area contributed by atoms with Gasteiger partial charge in [-0.2, -0.15) is 0 Å². The highest BCUT2D eigenvalue weighted by Crippen LogP contribution is 2.61. The summed E-state index contributed by atoms with van der Waals surface area (Å²) in [6, 6.07) is 1.49. The molecule has 2 nitrogen and oxygen atoms in total. The minimum Gasteiger partial charge on any atom is -0.315 e. The summed E-state index contributed by atoms with van der Waals surface area (Å²) in [5, 5.41) is 7.46. The van der Waals surface area contributed by atoms with Crippen LogP contribution in [0, 0.1) is 23.2 Å². The van der Waals surface area contributed by atoms with E-state index in [1.165, 1.54) is 38.8 Å². The summed E-state index contributed by atoms with van der Waals surface area (Å²) in [7, 11) is 0. The first-order valence-corrected chi connectivity index (χ1v) is 8.20. The van der Waals surface area contributed by atoms with E-state index in [1.807, 2.05) is 0 Å². The van der Waals surface area contributed by atoms with Crippen LogP contribution in [0.3, 0.4) is 0 Å². The maximum atomic E-state index is 3.97. The van der Waals surface area contributed by atoms with Crippen molar-refractivity contribution in [2.45, 2.75) is 64.0 Å². The van der Waals surface area contributed by atoms with Gasteiger partial charge in [-0.15, -0.1) is 0 Å². The van der Waals surface area contributed by atoms with E-state index in [4.69, 9.17) is 0 Å². The first kappa shape index (κ1) is 11.7. The third kappa shape index (κ3) is 1.84. The monoisotopic (exact) mass is 248 g/mol. The number of nitrogens with one attached hydrogen (secondary N) is 2. The predicted molar refractivity (Wildman–Crippen MR) is 74.5 cm³/mol. The Labute approximate surface area is 111 Å². The van der Waals surface area contributed by atoms with Gasteiger partial charge in [0.15, 0.2) is 0 Å². The molecular weight excluding hydrogens is 220 g/mol. The predicted octanol–water partition coefficient (Wildman–Crippen LogP) is 2.54. The highest BCUT2D eigenvalue weighted by molar-refractivity contribution is 5.05. The zero-order valence-corrected chi connectivity index (χ0v) is 11.8. The van der Waals surface area contributed by atoms with E-state index in [9.17, 15) is 0 Å². The van der Waals surface area contributed by atoms with E-state index in [0.717, 1.165) is 29.8 Å². The van der Waals surface area contributed by atoms with Crippen molar-refractivity contribution in [2.75, 3.05) is 13.1 Å². The fraction of sp³-hybridized carbons (Fsp3) is 1.00. The molecule has 2 heteroatoms. The SMILES string of the molecule is CC(NC1CCNC1)C12CC3CC(CC(C3)C1)C2. The average Bonchev–Trinajstić information content (AvgIpc) is 2.79. The van der Waals surface area contributed by atoms with Crippen molar-refractivity contribution in [1.29, 1.82) is 0 Å². The molecule has 5 aliphatic rings. The van der Waals surface area contributed by atoms with Crippen molar-refractivity contribution in [1.82, 2.24) is 10.6 Å². The summed E-state index contributed by atoms with van der Waals surface area (Å²) in [5.41, 5.74) is 0.678. The Bertz CT molecular complexity index is 284. The van der Waals surface area contributed by atoms with Crippen LogP contribution in [0.25, 0.3) is 0 Å². The van der Waals surface area contributed by atoms with Gasteiger partial charge in [-0.1, -0.05) is 0 Å². The number of hydrogen-bond acceptors (Lipinski definition) is 2. The van der Waals surface area contributed by atoms with Gasteiger partial charge in [0, 0.05) is 18.6 Å². The lowest BCUT2D eigenvalue weighted by molar-refractivity contribution is -0.0718. The van der Waals surface area contributed by atoms with Gasteiger partial charge in [0.2, 0.25) is 0 Å². The number of rotatable bonds is 3. The Hall–Kier alpha value is -0.0800. The Morgan fingerprint density at radius 1 is 1.06 bits per heavy atom. The summed E-state index contributed by atoms with van der Waals surface area (Å²) < 4.78 is 0. The highest BCUT2D eigenvalue weighted by atomic mass is 15.1. The molecule has 0 amide bonds. The second-order valence-electron chi connectivity index (χ2n) is 7.86. The molecule has 2 N–H and O–H groups in total. The molecule has 1 saturated heterocycles. The molecule has 2 unspecified atom stereocenters. The fourth-order valence-corrected chi connectivity index (χ4v) is 6.04. The lowest BCUT2D eigenvalue weighted by Crippen LogP contribution is -2.56. The third-order valence-electron chi connectivity index (χ3n) is 6.55. The van der Waals surface area contributed by atoms with Crippen LogP contribution in [-0.4, -0.2) is 25.2 Å². The molecule has 5 fully saturated rings. The normalized spacial score (nSPS) is 51.8. The summed E-state index contributed by atoms with van der Waals surface area (Å²) in [5.74, 6) is 3.26. The van der Waals surface area contributed by atoms with Gasteiger partial charge >= 0.3 is 0 Å². The molecule has 4 saturated carbocycles. The largest absolute Gasteiger partial charge is 0.315 e. The molecule has 0 spiro atoms. The molecule has 0 aromatic rings. The summed E-state index contributed by atoms with van der Waals surface area (Å²) >= 11 is 0. The molecular formula is C16H28N2. The lowest BCUT2D eigenvalue weighted by Gasteiger charge is -2.59. The van der Waals surface area contributed by atoms with Crippen LogP contribution < -0.4 is 10.6 Å². The van der Waals surface area contributed by atoms with Crippen molar-refractivity contribution in [3.63, 3.8) is 0 Å². The summed E-state index contributed by atoms with van der Waals surface area (Å²) in [6.07, 6.45) is 10.6. The Morgan fingerprint density at radius 2 is 1.67 bits per heavy atom. The van der Waals surface area contributed by atoms with Crippen LogP contribution in [0.5, 0.6) is 0 Å². The Balaban J connectivity index is 1.48. The molecule has 2 atom stereocenters. The topological polar surface area (TPSA) is 24.1 Å². The second-order valence-corrected chi connectivity index (χ2v) is 7.86. The van der Waals surface area contributed by atoms with Gasteiger partial charge in [0.25, 0.3) is 0 Å². The van der Waals surface area contributed by atoms with E-state index in [2.05, 4.69) is 17.6 Å². The quantitative estimate of drug-likeness (QED) is 0.802. The highest BCUT2D eigenvalue weighted by Gasteiger charge is 2.53. The van der Waals surface area contributed by atoms with Crippen LogP contribution in [0.4, 0.5) is 0 Å².